The monoisotopic (exact) mass is 306 g/mol. The minimum atomic E-state index is -0.715. The predicted molar refractivity (Wildman–Crippen MR) is 87.6 cm³/mol. The van der Waals surface area contributed by atoms with Crippen LogP contribution in [-0.2, 0) is 9.59 Å². The molecule has 0 unspecified atom stereocenters. The molecule has 4 nitrogen and oxygen atoms in total. The zero-order valence-corrected chi connectivity index (χ0v) is 12.7. The van der Waals surface area contributed by atoms with Gasteiger partial charge in [0.25, 0.3) is 0 Å². The van der Waals surface area contributed by atoms with Gasteiger partial charge in [-0.05, 0) is 35.1 Å². The second-order valence-corrected chi connectivity index (χ2v) is 6.32. The van der Waals surface area contributed by atoms with Gasteiger partial charge >= 0.3 is 0 Å². The van der Waals surface area contributed by atoms with E-state index in [4.69, 9.17) is 5.73 Å². The molecule has 0 saturated heterocycles. The van der Waals surface area contributed by atoms with Crippen LogP contribution in [0.4, 0.5) is 0 Å². The number of nitrogens with one attached hydrogen (secondary N) is 1. The summed E-state index contributed by atoms with van der Waals surface area (Å²) in [6.07, 6.45) is 1.80. The number of fused-ring (bicyclic) bond motifs is 3. The third-order valence-corrected chi connectivity index (χ3v) is 4.77. The molecule has 2 aromatic carbocycles. The summed E-state index contributed by atoms with van der Waals surface area (Å²) in [6, 6.07) is 15.3. The third-order valence-electron chi connectivity index (χ3n) is 4.77. The molecule has 4 heteroatoms. The molecule has 0 aliphatic heterocycles. The van der Waals surface area contributed by atoms with E-state index in [-0.39, 0.29) is 17.7 Å². The van der Waals surface area contributed by atoms with Gasteiger partial charge in [-0.25, -0.2) is 0 Å². The Hall–Kier alpha value is -2.62. The van der Waals surface area contributed by atoms with Crippen molar-refractivity contribution in [2.75, 3.05) is 0 Å². The number of hydrogen-bond donors (Lipinski definition) is 2. The predicted octanol–water partition coefficient (Wildman–Crippen LogP) is 2.18. The molecular weight excluding hydrogens is 288 g/mol. The lowest BCUT2D eigenvalue weighted by Gasteiger charge is -2.24. The molecule has 1 atom stereocenters. The average Bonchev–Trinajstić information content (AvgIpc) is 3.35. The van der Waals surface area contributed by atoms with E-state index in [1.165, 1.54) is 0 Å². The maximum Gasteiger partial charge on any atom is 0.240 e. The Balaban J connectivity index is 1.79. The number of hydrogen-bond acceptors (Lipinski definition) is 2. The van der Waals surface area contributed by atoms with Crippen LogP contribution in [0.2, 0.25) is 0 Å². The van der Waals surface area contributed by atoms with Gasteiger partial charge in [-0.1, -0.05) is 48.5 Å². The van der Waals surface area contributed by atoms with Crippen molar-refractivity contribution in [3.05, 3.63) is 59.7 Å². The Morgan fingerprint density at radius 3 is 1.96 bits per heavy atom. The quantitative estimate of drug-likeness (QED) is 0.908. The zero-order chi connectivity index (χ0) is 16.0. The highest BCUT2D eigenvalue weighted by Crippen LogP contribution is 2.46. The summed E-state index contributed by atoms with van der Waals surface area (Å²) in [5, 5.41) is 2.89. The minimum Gasteiger partial charge on any atom is -0.368 e. The molecule has 3 N–H and O–H groups in total. The first kappa shape index (κ1) is 14.0. The van der Waals surface area contributed by atoms with Gasteiger partial charge in [0.1, 0.15) is 6.04 Å². The van der Waals surface area contributed by atoms with Crippen molar-refractivity contribution in [3.63, 3.8) is 0 Å². The molecule has 4 rings (SSSR count). The number of rotatable bonds is 4. The Kier molecular flexibility index (Phi) is 3.18. The minimum absolute atomic E-state index is 0.0451. The molecule has 23 heavy (non-hydrogen) atoms. The fourth-order valence-electron chi connectivity index (χ4n) is 3.49. The van der Waals surface area contributed by atoms with Crippen LogP contribution in [-0.4, -0.2) is 17.9 Å². The summed E-state index contributed by atoms with van der Waals surface area (Å²) in [4.78, 5) is 24.3. The smallest absolute Gasteiger partial charge is 0.240 e. The number of benzene rings is 2. The second kappa shape index (κ2) is 5.23. The van der Waals surface area contributed by atoms with Gasteiger partial charge in [0.2, 0.25) is 11.8 Å². The standard InChI is InChI=1S/C19H18N2O2/c20-18(22)17(21-19(23)11-9-10-11)16-14-7-3-1-5-12(14)13-6-2-4-8-15(13)16/h1-8,11,16-17H,9-10H2,(H2,20,22)(H,21,23)/t17-/m0/s1. The normalized spacial score (nSPS) is 17.2. The van der Waals surface area contributed by atoms with Crippen molar-refractivity contribution in [1.29, 1.82) is 0 Å². The van der Waals surface area contributed by atoms with E-state index >= 15 is 0 Å². The van der Waals surface area contributed by atoms with Crippen molar-refractivity contribution < 1.29 is 9.59 Å². The van der Waals surface area contributed by atoms with E-state index in [0.717, 1.165) is 35.1 Å². The van der Waals surface area contributed by atoms with E-state index in [9.17, 15) is 9.59 Å². The van der Waals surface area contributed by atoms with Crippen LogP contribution in [0.1, 0.15) is 29.9 Å². The fraction of sp³-hybridized carbons (Fsp3) is 0.263. The van der Waals surface area contributed by atoms with Crippen LogP contribution in [0.5, 0.6) is 0 Å². The number of carbonyl (C=O) groups excluding carboxylic acids is 2. The van der Waals surface area contributed by atoms with Crippen molar-refractivity contribution in [1.82, 2.24) is 5.32 Å². The number of primary amides is 1. The van der Waals surface area contributed by atoms with Gasteiger partial charge < -0.3 is 11.1 Å². The number of amides is 2. The average molecular weight is 306 g/mol. The SMILES string of the molecule is NC(=O)[C@@H](NC(=O)C1CC1)C1c2ccccc2-c2ccccc21. The molecule has 0 radical (unpaired) electrons. The van der Waals surface area contributed by atoms with Crippen molar-refractivity contribution in [3.8, 4) is 11.1 Å². The molecule has 1 fully saturated rings. The van der Waals surface area contributed by atoms with Gasteiger partial charge in [-0.3, -0.25) is 9.59 Å². The fourth-order valence-corrected chi connectivity index (χ4v) is 3.49. The molecule has 2 aromatic rings. The summed E-state index contributed by atoms with van der Waals surface area (Å²) in [7, 11) is 0. The molecule has 2 aliphatic rings. The van der Waals surface area contributed by atoms with E-state index in [0.29, 0.717) is 0 Å². The third kappa shape index (κ3) is 2.31. The van der Waals surface area contributed by atoms with Crippen LogP contribution < -0.4 is 11.1 Å². The van der Waals surface area contributed by atoms with E-state index in [2.05, 4.69) is 17.4 Å². The summed E-state index contributed by atoms with van der Waals surface area (Å²) in [5.41, 5.74) is 9.97. The summed E-state index contributed by atoms with van der Waals surface area (Å²) in [5.74, 6) is -0.725. The molecule has 116 valence electrons. The van der Waals surface area contributed by atoms with E-state index in [1.807, 2.05) is 36.4 Å². The molecule has 1 saturated carbocycles. The van der Waals surface area contributed by atoms with Crippen molar-refractivity contribution in [2.24, 2.45) is 11.7 Å². The van der Waals surface area contributed by atoms with Crippen molar-refractivity contribution >= 4 is 11.8 Å². The molecule has 0 spiro atoms. The lowest BCUT2D eigenvalue weighted by molar-refractivity contribution is -0.128. The van der Waals surface area contributed by atoms with Gasteiger partial charge in [0.15, 0.2) is 0 Å². The van der Waals surface area contributed by atoms with Gasteiger partial charge in [-0.15, -0.1) is 0 Å². The lowest BCUT2D eigenvalue weighted by atomic mass is 9.88. The largest absolute Gasteiger partial charge is 0.368 e. The van der Waals surface area contributed by atoms with Crippen LogP contribution >= 0.6 is 0 Å². The molecular formula is C19H18N2O2. The maximum absolute atomic E-state index is 12.2. The number of carbonyl (C=O) groups is 2. The van der Waals surface area contributed by atoms with E-state index in [1.54, 1.807) is 0 Å². The Labute approximate surface area is 134 Å². The van der Waals surface area contributed by atoms with Gasteiger partial charge in [-0.2, -0.15) is 0 Å². The summed E-state index contributed by atoms with van der Waals surface area (Å²) in [6.45, 7) is 0. The van der Waals surface area contributed by atoms with Crippen LogP contribution in [0.25, 0.3) is 11.1 Å². The highest BCUT2D eigenvalue weighted by molar-refractivity contribution is 5.92. The molecule has 2 amide bonds. The Morgan fingerprint density at radius 2 is 1.48 bits per heavy atom. The zero-order valence-electron chi connectivity index (χ0n) is 12.7. The molecule has 0 bridgehead atoms. The van der Waals surface area contributed by atoms with Gasteiger partial charge in [0.05, 0.1) is 0 Å². The Morgan fingerprint density at radius 1 is 0.957 bits per heavy atom. The highest BCUT2D eigenvalue weighted by Gasteiger charge is 2.40. The lowest BCUT2D eigenvalue weighted by Crippen LogP contribution is -2.48. The Bertz CT molecular complexity index is 750. The van der Waals surface area contributed by atoms with E-state index < -0.39 is 11.9 Å². The summed E-state index contributed by atoms with van der Waals surface area (Å²) < 4.78 is 0. The second-order valence-electron chi connectivity index (χ2n) is 6.32. The first-order valence-electron chi connectivity index (χ1n) is 7.94. The number of nitrogens with two attached hydrogens (primary N) is 1. The van der Waals surface area contributed by atoms with Crippen LogP contribution in [0.3, 0.4) is 0 Å². The topological polar surface area (TPSA) is 72.2 Å². The molecule has 0 aromatic heterocycles. The highest BCUT2D eigenvalue weighted by atomic mass is 16.2. The first-order chi connectivity index (χ1) is 11.2. The summed E-state index contributed by atoms with van der Waals surface area (Å²) >= 11 is 0. The van der Waals surface area contributed by atoms with Crippen LogP contribution in [0.15, 0.2) is 48.5 Å². The molecule has 2 aliphatic carbocycles. The van der Waals surface area contributed by atoms with Gasteiger partial charge in [0, 0.05) is 11.8 Å². The van der Waals surface area contributed by atoms with Crippen LogP contribution in [0, 0.1) is 5.92 Å². The first-order valence-corrected chi connectivity index (χ1v) is 7.94. The molecule has 0 heterocycles. The van der Waals surface area contributed by atoms with Crippen molar-refractivity contribution in [2.45, 2.75) is 24.8 Å². The maximum atomic E-state index is 12.2.